The maximum Gasteiger partial charge on any atom is 0.308 e. The molecule has 1 aliphatic heterocycles. The number of carbonyl (C=O) groups excluding carboxylic acids is 1. The van der Waals surface area contributed by atoms with Crippen LogP contribution in [0.4, 0.5) is 0 Å². The Balaban J connectivity index is 1.78. The minimum Gasteiger partial charge on any atom is -0.481 e. The molecule has 1 aliphatic rings. The minimum atomic E-state index is -0.882. The molecular weight excluding hydrogens is 318 g/mol. The van der Waals surface area contributed by atoms with Gasteiger partial charge < -0.3 is 10.0 Å². The number of hydrogen-bond donors (Lipinski definition) is 1. The van der Waals surface area contributed by atoms with Crippen molar-refractivity contribution in [1.82, 2.24) is 14.5 Å². The summed E-state index contributed by atoms with van der Waals surface area (Å²) < 4.78 is 1.28. The highest BCUT2D eigenvalue weighted by Gasteiger charge is 2.31. The number of fused-ring (bicyclic) bond motifs is 1. The van der Waals surface area contributed by atoms with Gasteiger partial charge in [0.2, 0.25) is 5.91 Å². The third kappa shape index (κ3) is 3.12. The van der Waals surface area contributed by atoms with Crippen LogP contribution in [0.15, 0.2) is 22.6 Å². The van der Waals surface area contributed by atoms with Crippen LogP contribution in [-0.4, -0.2) is 44.5 Å². The van der Waals surface area contributed by atoms with E-state index in [-0.39, 0.29) is 30.5 Å². The van der Waals surface area contributed by atoms with Gasteiger partial charge in [0, 0.05) is 13.1 Å². The first-order valence-corrected chi connectivity index (χ1v) is 8.27. The van der Waals surface area contributed by atoms with Gasteiger partial charge in [-0.2, -0.15) is 0 Å². The number of likely N-dealkylation sites (tertiary alicyclic amines) is 1. The van der Waals surface area contributed by atoms with Gasteiger partial charge in [0.05, 0.1) is 17.6 Å². The van der Waals surface area contributed by atoms with Crippen LogP contribution >= 0.6 is 11.3 Å². The quantitative estimate of drug-likeness (QED) is 0.904. The van der Waals surface area contributed by atoms with Crippen molar-refractivity contribution in [3.05, 3.63) is 28.1 Å². The van der Waals surface area contributed by atoms with E-state index < -0.39 is 11.9 Å². The zero-order valence-corrected chi connectivity index (χ0v) is 13.5. The van der Waals surface area contributed by atoms with Gasteiger partial charge in [0.15, 0.2) is 0 Å². The molecule has 2 aromatic rings. The Morgan fingerprint density at radius 1 is 1.43 bits per heavy atom. The third-order valence-electron chi connectivity index (χ3n) is 4.12. The number of rotatable bonds is 3. The van der Waals surface area contributed by atoms with E-state index in [0.717, 1.165) is 0 Å². The van der Waals surface area contributed by atoms with Crippen LogP contribution in [-0.2, 0) is 16.1 Å². The predicted molar refractivity (Wildman–Crippen MR) is 85.4 cm³/mol. The molecule has 1 amide bonds. The van der Waals surface area contributed by atoms with Gasteiger partial charge >= 0.3 is 5.97 Å². The van der Waals surface area contributed by atoms with Crippen molar-refractivity contribution in [2.45, 2.75) is 19.9 Å². The molecule has 1 fully saturated rings. The number of carboxylic acid groups (broad SMARTS) is 1. The SMILES string of the molecule is CC1CC(C(=O)O)CN(C(=O)Cn2cnc3sccc3c2=O)C1. The second-order valence-corrected chi connectivity index (χ2v) is 6.89. The monoisotopic (exact) mass is 335 g/mol. The van der Waals surface area contributed by atoms with Crippen molar-refractivity contribution < 1.29 is 14.7 Å². The normalized spacial score (nSPS) is 21.5. The standard InChI is InChI=1S/C15H17N3O4S/c1-9-4-10(15(21)22)6-17(5-9)12(19)7-18-8-16-13-11(14(18)20)2-3-23-13/h2-3,8-10H,4-7H2,1H3,(H,21,22). The van der Waals surface area contributed by atoms with E-state index in [2.05, 4.69) is 4.98 Å². The molecule has 0 bridgehead atoms. The van der Waals surface area contributed by atoms with E-state index in [1.807, 2.05) is 6.92 Å². The first-order chi connectivity index (χ1) is 11.0. The molecule has 3 heterocycles. The maximum absolute atomic E-state index is 12.5. The van der Waals surface area contributed by atoms with Gasteiger partial charge in [0.25, 0.3) is 5.56 Å². The predicted octanol–water partition coefficient (Wildman–Crippen LogP) is 1.03. The summed E-state index contributed by atoms with van der Waals surface area (Å²) in [4.78, 5) is 42.3. The molecule has 122 valence electrons. The molecule has 8 heteroatoms. The topological polar surface area (TPSA) is 92.5 Å². The molecule has 1 N–H and O–H groups in total. The Labute approximate surface area is 136 Å². The summed E-state index contributed by atoms with van der Waals surface area (Å²) in [7, 11) is 0. The number of nitrogens with zero attached hydrogens (tertiary/aromatic N) is 3. The highest BCUT2D eigenvalue weighted by atomic mass is 32.1. The molecule has 23 heavy (non-hydrogen) atoms. The van der Waals surface area contributed by atoms with Crippen molar-refractivity contribution in [3.8, 4) is 0 Å². The highest BCUT2D eigenvalue weighted by molar-refractivity contribution is 7.16. The fraction of sp³-hybridized carbons (Fsp3) is 0.467. The van der Waals surface area contributed by atoms with Crippen LogP contribution in [0.3, 0.4) is 0 Å². The molecule has 2 unspecified atom stereocenters. The summed E-state index contributed by atoms with van der Waals surface area (Å²) in [6.07, 6.45) is 1.95. The number of thiophene rings is 1. The zero-order valence-electron chi connectivity index (χ0n) is 12.6. The van der Waals surface area contributed by atoms with Gasteiger partial charge in [-0.3, -0.25) is 19.0 Å². The van der Waals surface area contributed by atoms with E-state index in [0.29, 0.717) is 23.2 Å². The van der Waals surface area contributed by atoms with Gasteiger partial charge in [-0.25, -0.2) is 4.98 Å². The van der Waals surface area contributed by atoms with Crippen molar-refractivity contribution in [2.75, 3.05) is 13.1 Å². The highest BCUT2D eigenvalue weighted by Crippen LogP contribution is 2.22. The lowest BCUT2D eigenvalue weighted by Gasteiger charge is -2.34. The number of hydrogen-bond acceptors (Lipinski definition) is 5. The molecule has 7 nitrogen and oxygen atoms in total. The Morgan fingerprint density at radius 2 is 2.22 bits per heavy atom. The lowest BCUT2D eigenvalue weighted by atomic mass is 9.90. The molecule has 0 aliphatic carbocycles. The van der Waals surface area contributed by atoms with Crippen LogP contribution in [0.2, 0.25) is 0 Å². The first kappa shape index (κ1) is 15.7. The maximum atomic E-state index is 12.5. The van der Waals surface area contributed by atoms with Gasteiger partial charge in [-0.1, -0.05) is 6.92 Å². The third-order valence-corrected chi connectivity index (χ3v) is 4.94. The molecule has 1 saturated heterocycles. The number of carbonyl (C=O) groups is 2. The average Bonchev–Trinajstić information content (AvgIpc) is 2.98. The summed E-state index contributed by atoms with van der Waals surface area (Å²) in [5, 5.41) is 11.5. The lowest BCUT2D eigenvalue weighted by molar-refractivity contribution is -0.147. The second-order valence-electron chi connectivity index (χ2n) is 5.99. The number of aliphatic carboxylic acids is 1. The molecule has 0 radical (unpaired) electrons. The van der Waals surface area contributed by atoms with Crippen molar-refractivity contribution in [3.63, 3.8) is 0 Å². The molecular formula is C15H17N3O4S. The lowest BCUT2D eigenvalue weighted by Crippen LogP contribution is -2.47. The summed E-state index contributed by atoms with van der Waals surface area (Å²) in [5.74, 6) is -1.55. The van der Waals surface area contributed by atoms with E-state index in [4.69, 9.17) is 0 Å². The average molecular weight is 335 g/mol. The first-order valence-electron chi connectivity index (χ1n) is 7.39. The van der Waals surface area contributed by atoms with Crippen LogP contribution in [0, 0.1) is 11.8 Å². The Hall–Kier alpha value is -2.22. The molecule has 0 aromatic carbocycles. The van der Waals surface area contributed by atoms with Crippen LogP contribution < -0.4 is 5.56 Å². The Bertz CT molecular complexity index is 812. The summed E-state index contributed by atoms with van der Waals surface area (Å²) in [6.45, 7) is 2.53. The van der Waals surface area contributed by atoms with Crippen molar-refractivity contribution in [2.24, 2.45) is 11.8 Å². The van der Waals surface area contributed by atoms with Gasteiger partial charge in [0.1, 0.15) is 11.4 Å². The molecule has 0 saturated carbocycles. The molecule has 2 atom stereocenters. The minimum absolute atomic E-state index is 0.114. The van der Waals surface area contributed by atoms with Crippen molar-refractivity contribution in [1.29, 1.82) is 0 Å². The van der Waals surface area contributed by atoms with Crippen molar-refractivity contribution >= 4 is 33.4 Å². The van der Waals surface area contributed by atoms with E-state index in [1.54, 1.807) is 11.4 Å². The van der Waals surface area contributed by atoms with Crippen LogP contribution in [0.1, 0.15) is 13.3 Å². The fourth-order valence-electron chi connectivity index (χ4n) is 2.99. The number of amides is 1. The summed E-state index contributed by atoms with van der Waals surface area (Å²) >= 11 is 1.38. The van der Waals surface area contributed by atoms with Crippen LogP contribution in [0.25, 0.3) is 10.2 Å². The van der Waals surface area contributed by atoms with Crippen LogP contribution in [0.5, 0.6) is 0 Å². The number of aromatic nitrogens is 2. The number of piperidine rings is 1. The van der Waals surface area contributed by atoms with E-state index in [9.17, 15) is 19.5 Å². The molecule has 0 spiro atoms. The zero-order chi connectivity index (χ0) is 16.6. The van der Waals surface area contributed by atoms with E-state index in [1.165, 1.54) is 27.1 Å². The van der Waals surface area contributed by atoms with Gasteiger partial charge in [-0.15, -0.1) is 11.3 Å². The summed E-state index contributed by atoms with van der Waals surface area (Å²) in [5.41, 5.74) is -0.246. The Kier molecular flexibility index (Phi) is 4.16. The number of carboxylic acids is 1. The summed E-state index contributed by atoms with van der Waals surface area (Å²) in [6, 6.07) is 1.69. The second kappa shape index (κ2) is 6.11. The molecule has 3 rings (SSSR count). The largest absolute Gasteiger partial charge is 0.481 e. The Morgan fingerprint density at radius 3 is 2.96 bits per heavy atom. The van der Waals surface area contributed by atoms with Gasteiger partial charge in [-0.05, 0) is 23.8 Å². The fourth-order valence-corrected chi connectivity index (χ4v) is 3.71. The smallest absolute Gasteiger partial charge is 0.308 e. The molecule has 2 aromatic heterocycles. The van der Waals surface area contributed by atoms with E-state index >= 15 is 0 Å².